The molecule has 56 valence electrons. The molecule has 0 saturated heterocycles. The highest BCUT2D eigenvalue weighted by atomic mass is 14.4. The molecule has 0 unspecified atom stereocenters. The zero-order valence-electron chi connectivity index (χ0n) is 6.69. The highest BCUT2D eigenvalue weighted by molar-refractivity contribution is 5.04. The van der Waals surface area contributed by atoms with E-state index >= 15 is 0 Å². The fourth-order valence-electron chi connectivity index (χ4n) is 1.54. The van der Waals surface area contributed by atoms with Crippen LogP contribution in [0.2, 0.25) is 0 Å². The molecule has 0 amide bonds. The van der Waals surface area contributed by atoms with Gasteiger partial charge in [0.05, 0.1) is 11.5 Å². The van der Waals surface area contributed by atoms with E-state index in [-0.39, 0.29) is 5.41 Å². The van der Waals surface area contributed by atoms with Gasteiger partial charge in [-0.2, -0.15) is 5.26 Å². The van der Waals surface area contributed by atoms with Gasteiger partial charge in [0.15, 0.2) is 0 Å². The molecule has 10 heavy (non-hydrogen) atoms. The molecule has 0 spiro atoms. The maximum Gasteiger partial charge on any atom is 0.0689 e. The number of nitrogens with zero attached hydrogens (tertiary/aromatic N) is 1. The van der Waals surface area contributed by atoms with Crippen LogP contribution in [-0.2, 0) is 0 Å². The number of hydrogen-bond donors (Lipinski definition) is 0. The SMILES string of the molecule is CCCCC1(C#N)CCC1. The van der Waals surface area contributed by atoms with E-state index in [0.717, 1.165) is 19.3 Å². The molecule has 1 rings (SSSR count). The molecule has 0 heterocycles. The minimum atomic E-state index is 0.121. The summed E-state index contributed by atoms with van der Waals surface area (Å²) in [6.07, 6.45) is 7.18. The second kappa shape index (κ2) is 3.05. The van der Waals surface area contributed by atoms with Gasteiger partial charge in [-0.1, -0.05) is 26.2 Å². The van der Waals surface area contributed by atoms with E-state index in [1.165, 1.54) is 19.3 Å². The maximum absolute atomic E-state index is 8.81. The first-order valence-electron chi connectivity index (χ1n) is 4.24. The summed E-state index contributed by atoms with van der Waals surface area (Å²) in [5.74, 6) is 0. The largest absolute Gasteiger partial charge is 0.198 e. The fourth-order valence-corrected chi connectivity index (χ4v) is 1.54. The summed E-state index contributed by atoms with van der Waals surface area (Å²) in [4.78, 5) is 0. The van der Waals surface area contributed by atoms with Gasteiger partial charge in [-0.25, -0.2) is 0 Å². The molecule has 0 aromatic carbocycles. The normalized spacial score (nSPS) is 21.2. The third-order valence-corrected chi connectivity index (χ3v) is 2.56. The molecule has 0 radical (unpaired) electrons. The van der Waals surface area contributed by atoms with Gasteiger partial charge in [-0.3, -0.25) is 0 Å². The van der Waals surface area contributed by atoms with Crippen LogP contribution < -0.4 is 0 Å². The van der Waals surface area contributed by atoms with Crippen LogP contribution in [0.5, 0.6) is 0 Å². The molecule has 1 nitrogen and oxygen atoms in total. The Morgan fingerprint density at radius 1 is 1.50 bits per heavy atom. The van der Waals surface area contributed by atoms with Crippen molar-refractivity contribution < 1.29 is 0 Å². The van der Waals surface area contributed by atoms with Crippen LogP contribution >= 0.6 is 0 Å². The predicted octanol–water partition coefficient (Wildman–Crippen LogP) is 2.87. The summed E-state index contributed by atoms with van der Waals surface area (Å²) in [6, 6.07) is 2.45. The Labute approximate surface area is 63.0 Å². The maximum atomic E-state index is 8.81. The summed E-state index contributed by atoms with van der Waals surface area (Å²) in [7, 11) is 0. The van der Waals surface area contributed by atoms with Crippen molar-refractivity contribution in [3.63, 3.8) is 0 Å². The molecule has 1 saturated carbocycles. The van der Waals surface area contributed by atoms with E-state index in [1.807, 2.05) is 0 Å². The lowest BCUT2D eigenvalue weighted by molar-refractivity contribution is 0.193. The van der Waals surface area contributed by atoms with Gasteiger partial charge in [0, 0.05) is 0 Å². The van der Waals surface area contributed by atoms with E-state index in [4.69, 9.17) is 5.26 Å². The van der Waals surface area contributed by atoms with Gasteiger partial charge in [0.2, 0.25) is 0 Å². The molecule has 0 aromatic rings. The molecule has 1 aliphatic rings. The Kier molecular flexibility index (Phi) is 2.32. The van der Waals surface area contributed by atoms with Gasteiger partial charge in [-0.15, -0.1) is 0 Å². The van der Waals surface area contributed by atoms with Crippen molar-refractivity contribution in [2.45, 2.75) is 45.4 Å². The second-order valence-corrected chi connectivity index (χ2v) is 3.35. The van der Waals surface area contributed by atoms with Crippen molar-refractivity contribution in [3.8, 4) is 6.07 Å². The van der Waals surface area contributed by atoms with Crippen molar-refractivity contribution in [3.05, 3.63) is 0 Å². The van der Waals surface area contributed by atoms with Gasteiger partial charge >= 0.3 is 0 Å². The van der Waals surface area contributed by atoms with Crippen molar-refractivity contribution in [2.75, 3.05) is 0 Å². The van der Waals surface area contributed by atoms with E-state index in [0.29, 0.717) is 0 Å². The summed E-state index contributed by atoms with van der Waals surface area (Å²) in [6.45, 7) is 2.18. The summed E-state index contributed by atoms with van der Waals surface area (Å²) < 4.78 is 0. The third kappa shape index (κ3) is 1.31. The predicted molar refractivity (Wildman–Crippen MR) is 41.4 cm³/mol. The first-order valence-corrected chi connectivity index (χ1v) is 4.24. The van der Waals surface area contributed by atoms with Crippen molar-refractivity contribution in [1.82, 2.24) is 0 Å². The average molecular weight is 137 g/mol. The topological polar surface area (TPSA) is 23.8 Å². The molecule has 0 aliphatic heterocycles. The van der Waals surface area contributed by atoms with E-state index < -0.39 is 0 Å². The summed E-state index contributed by atoms with van der Waals surface area (Å²) >= 11 is 0. The third-order valence-electron chi connectivity index (χ3n) is 2.56. The Hall–Kier alpha value is -0.510. The minimum absolute atomic E-state index is 0.121. The monoisotopic (exact) mass is 137 g/mol. The molecular weight excluding hydrogens is 122 g/mol. The van der Waals surface area contributed by atoms with Gasteiger partial charge in [0.25, 0.3) is 0 Å². The van der Waals surface area contributed by atoms with E-state index in [2.05, 4.69) is 13.0 Å². The molecule has 1 fully saturated rings. The average Bonchev–Trinajstić information content (AvgIpc) is 1.87. The minimum Gasteiger partial charge on any atom is -0.198 e. The number of rotatable bonds is 3. The Bertz CT molecular complexity index is 139. The Morgan fingerprint density at radius 2 is 2.20 bits per heavy atom. The quantitative estimate of drug-likeness (QED) is 0.586. The van der Waals surface area contributed by atoms with Crippen LogP contribution in [0.4, 0.5) is 0 Å². The lowest BCUT2D eigenvalue weighted by Gasteiger charge is -2.35. The first kappa shape index (κ1) is 7.60. The van der Waals surface area contributed by atoms with Crippen LogP contribution in [0.3, 0.4) is 0 Å². The molecule has 0 aromatic heterocycles. The highest BCUT2D eigenvalue weighted by Crippen LogP contribution is 2.44. The molecule has 0 N–H and O–H groups in total. The van der Waals surface area contributed by atoms with Gasteiger partial charge in [-0.05, 0) is 19.3 Å². The molecule has 0 atom stereocenters. The van der Waals surface area contributed by atoms with E-state index in [9.17, 15) is 0 Å². The summed E-state index contributed by atoms with van der Waals surface area (Å²) in [5, 5.41) is 8.81. The van der Waals surface area contributed by atoms with Crippen molar-refractivity contribution in [1.29, 1.82) is 5.26 Å². The smallest absolute Gasteiger partial charge is 0.0689 e. The fraction of sp³-hybridized carbons (Fsp3) is 0.889. The zero-order valence-corrected chi connectivity index (χ0v) is 6.69. The van der Waals surface area contributed by atoms with Gasteiger partial charge < -0.3 is 0 Å². The number of hydrogen-bond acceptors (Lipinski definition) is 1. The first-order chi connectivity index (χ1) is 4.83. The molecule has 1 aliphatic carbocycles. The second-order valence-electron chi connectivity index (χ2n) is 3.35. The zero-order chi connectivity index (χ0) is 7.45. The van der Waals surface area contributed by atoms with Crippen LogP contribution in [0.25, 0.3) is 0 Å². The summed E-state index contributed by atoms with van der Waals surface area (Å²) in [5.41, 5.74) is 0.121. The van der Waals surface area contributed by atoms with E-state index in [1.54, 1.807) is 0 Å². The number of unbranched alkanes of at least 4 members (excludes halogenated alkanes) is 1. The number of nitriles is 1. The van der Waals surface area contributed by atoms with Crippen LogP contribution in [-0.4, -0.2) is 0 Å². The lowest BCUT2D eigenvalue weighted by atomic mass is 9.67. The lowest BCUT2D eigenvalue weighted by Crippen LogP contribution is -2.26. The Balaban J connectivity index is 2.29. The van der Waals surface area contributed by atoms with Crippen LogP contribution in [0, 0.1) is 16.7 Å². The highest BCUT2D eigenvalue weighted by Gasteiger charge is 2.35. The van der Waals surface area contributed by atoms with Crippen molar-refractivity contribution >= 4 is 0 Å². The molecule has 1 heteroatoms. The van der Waals surface area contributed by atoms with Crippen LogP contribution in [0.1, 0.15) is 45.4 Å². The standard InChI is InChI=1S/C9H15N/c1-2-3-5-9(8-10)6-4-7-9/h2-7H2,1H3. The van der Waals surface area contributed by atoms with Crippen molar-refractivity contribution in [2.24, 2.45) is 5.41 Å². The molecule has 0 bridgehead atoms. The van der Waals surface area contributed by atoms with Crippen LogP contribution in [0.15, 0.2) is 0 Å². The molecular formula is C9H15N. The van der Waals surface area contributed by atoms with Gasteiger partial charge in [0.1, 0.15) is 0 Å². The Morgan fingerprint density at radius 3 is 2.50 bits per heavy atom.